The highest BCUT2D eigenvalue weighted by Gasteiger charge is 2.23. The molecule has 1 unspecified atom stereocenters. The molecule has 3 rings (SSSR count). The summed E-state index contributed by atoms with van der Waals surface area (Å²) < 4.78 is 5.55. The van der Waals surface area contributed by atoms with Gasteiger partial charge < -0.3 is 20.3 Å². The van der Waals surface area contributed by atoms with E-state index in [4.69, 9.17) is 4.74 Å². The van der Waals surface area contributed by atoms with E-state index in [1.165, 1.54) is 0 Å². The average molecular weight is 285 g/mol. The molecule has 0 aliphatic carbocycles. The van der Waals surface area contributed by atoms with E-state index in [9.17, 15) is 10.2 Å². The number of aromatic hydroxyl groups is 2. The highest BCUT2D eigenvalue weighted by molar-refractivity contribution is 5.50. The van der Waals surface area contributed by atoms with Gasteiger partial charge in [-0.3, -0.25) is 0 Å². The Kier molecular flexibility index (Phi) is 3.71. The second-order valence-electron chi connectivity index (χ2n) is 5.18. The summed E-state index contributed by atoms with van der Waals surface area (Å²) in [5.41, 5.74) is 3.16. The molecule has 110 valence electrons. The molecule has 1 heterocycles. The van der Waals surface area contributed by atoms with Crippen LogP contribution in [0, 0.1) is 0 Å². The number of hydrogen-bond acceptors (Lipinski definition) is 4. The molecule has 2 aromatic rings. The van der Waals surface area contributed by atoms with Gasteiger partial charge in [0.25, 0.3) is 0 Å². The smallest absolute Gasteiger partial charge is 0.157 e. The summed E-state index contributed by atoms with van der Waals surface area (Å²) >= 11 is 0. The van der Waals surface area contributed by atoms with Gasteiger partial charge in [-0.2, -0.15) is 0 Å². The van der Waals surface area contributed by atoms with E-state index in [1.807, 2.05) is 31.2 Å². The van der Waals surface area contributed by atoms with Crippen LogP contribution in [0.4, 0.5) is 0 Å². The fourth-order valence-electron chi connectivity index (χ4n) is 2.83. The van der Waals surface area contributed by atoms with Crippen LogP contribution >= 0.6 is 0 Å². The summed E-state index contributed by atoms with van der Waals surface area (Å²) in [5.74, 6) is 0.702. The molecule has 1 aliphatic rings. The van der Waals surface area contributed by atoms with Gasteiger partial charge in [0.1, 0.15) is 5.75 Å². The van der Waals surface area contributed by atoms with E-state index in [0.29, 0.717) is 6.61 Å². The number of ether oxygens (including phenoxy) is 1. The van der Waals surface area contributed by atoms with Crippen LogP contribution in [0.1, 0.15) is 29.7 Å². The number of nitrogens with one attached hydrogen (secondary N) is 1. The van der Waals surface area contributed by atoms with E-state index in [-0.39, 0.29) is 17.5 Å². The van der Waals surface area contributed by atoms with E-state index >= 15 is 0 Å². The quantitative estimate of drug-likeness (QED) is 0.759. The molecule has 3 N–H and O–H groups in total. The number of phenols is 2. The molecular weight excluding hydrogens is 266 g/mol. The van der Waals surface area contributed by atoms with Gasteiger partial charge in [-0.05, 0) is 54.3 Å². The molecule has 4 heteroatoms. The highest BCUT2D eigenvalue weighted by Crippen LogP contribution is 2.36. The topological polar surface area (TPSA) is 61.7 Å². The van der Waals surface area contributed by atoms with Crippen LogP contribution in [0.5, 0.6) is 17.2 Å². The largest absolute Gasteiger partial charge is 0.504 e. The summed E-state index contributed by atoms with van der Waals surface area (Å²) in [5, 5.41) is 22.9. The van der Waals surface area contributed by atoms with Gasteiger partial charge in [0.05, 0.1) is 12.6 Å². The van der Waals surface area contributed by atoms with Gasteiger partial charge in [-0.1, -0.05) is 12.1 Å². The third-order valence-corrected chi connectivity index (χ3v) is 3.79. The zero-order chi connectivity index (χ0) is 14.8. The highest BCUT2D eigenvalue weighted by atomic mass is 16.5. The lowest BCUT2D eigenvalue weighted by Crippen LogP contribution is -2.30. The molecule has 0 bridgehead atoms. The molecule has 0 saturated carbocycles. The zero-order valence-electron chi connectivity index (χ0n) is 12.0. The third kappa shape index (κ3) is 2.67. The van der Waals surface area contributed by atoms with Crippen molar-refractivity contribution in [2.45, 2.75) is 19.4 Å². The summed E-state index contributed by atoms with van der Waals surface area (Å²) in [4.78, 5) is 0. The number of benzene rings is 2. The molecule has 0 spiro atoms. The molecule has 0 radical (unpaired) electrons. The van der Waals surface area contributed by atoms with Crippen LogP contribution in [0.3, 0.4) is 0 Å². The van der Waals surface area contributed by atoms with Gasteiger partial charge in [-0.15, -0.1) is 0 Å². The maximum Gasteiger partial charge on any atom is 0.157 e. The van der Waals surface area contributed by atoms with Gasteiger partial charge in [0.2, 0.25) is 0 Å². The van der Waals surface area contributed by atoms with Crippen LogP contribution in [0.2, 0.25) is 0 Å². The van der Waals surface area contributed by atoms with Gasteiger partial charge in [0, 0.05) is 6.54 Å². The van der Waals surface area contributed by atoms with Crippen molar-refractivity contribution in [3.8, 4) is 17.2 Å². The minimum Gasteiger partial charge on any atom is -0.504 e. The van der Waals surface area contributed by atoms with Gasteiger partial charge in [-0.25, -0.2) is 0 Å². The molecule has 0 amide bonds. The Morgan fingerprint density at radius 1 is 1.19 bits per heavy atom. The van der Waals surface area contributed by atoms with Crippen LogP contribution < -0.4 is 10.1 Å². The minimum atomic E-state index is -0.0802. The van der Waals surface area contributed by atoms with Crippen molar-refractivity contribution >= 4 is 0 Å². The Hall–Kier alpha value is -2.20. The molecule has 1 aliphatic heterocycles. The molecule has 2 aromatic carbocycles. The normalized spacial score (nSPS) is 17.3. The SMILES string of the molecule is CCOc1cccc(C2NCCc3cc(O)c(O)cc32)c1. The van der Waals surface area contributed by atoms with Crippen molar-refractivity contribution in [2.75, 3.05) is 13.2 Å². The molecule has 0 aromatic heterocycles. The average Bonchev–Trinajstić information content (AvgIpc) is 2.48. The fourth-order valence-corrected chi connectivity index (χ4v) is 2.83. The second kappa shape index (κ2) is 5.66. The monoisotopic (exact) mass is 285 g/mol. The lowest BCUT2D eigenvalue weighted by molar-refractivity contribution is 0.339. The lowest BCUT2D eigenvalue weighted by atomic mass is 9.89. The summed E-state index contributed by atoms with van der Waals surface area (Å²) in [6, 6.07) is 11.3. The van der Waals surface area contributed by atoms with Gasteiger partial charge in [0.15, 0.2) is 11.5 Å². The molecule has 21 heavy (non-hydrogen) atoms. The maximum atomic E-state index is 9.78. The van der Waals surface area contributed by atoms with E-state index < -0.39 is 0 Å². The molecular formula is C17H19NO3. The summed E-state index contributed by atoms with van der Waals surface area (Å²) in [7, 11) is 0. The lowest BCUT2D eigenvalue weighted by Gasteiger charge is -2.28. The number of rotatable bonds is 3. The van der Waals surface area contributed by atoms with Crippen molar-refractivity contribution in [3.05, 3.63) is 53.1 Å². The first-order chi connectivity index (χ1) is 10.2. The molecule has 4 nitrogen and oxygen atoms in total. The fraction of sp³-hybridized carbons (Fsp3) is 0.294. The van der Waals surface area contributed by atoms with Crippen LogP contribution in [-0.4, -0.2) is 23.4 Å². The molecule has 0 saturated heterocycles. The van der Waals surface area contributed by atoms with E-state index in [2.05, 4.69) is 5.32 Å². The summed E-state index contributed by atoms with van der Waals surface area (Å²) in [6.07, 6.45) is 0.838. The number of hydrogen-bond donors (Lipinski definition) is 3. The van der Waals surface area contributed by atoms with Crippen molar-refractivity contribution in [1.82, 2.24) is 5.32 Å². The Bertz CT molecular complexity index is 654. The van der Waals surface area contributed by atoms with Crippen LogP contribution in [0.25, 0.3) is 0 Å². The first kappa shape index (κ1) is 13.8. The van der Waals surface area contributed by atoms with Crippen LogP contribution in [0.15, 0.2) is 36.4 Å². The molecule has 1 atom stereocenters. The number of phenolic OH excluding ortho intramolecular Hbond substituents is 2. The van der Waals surface area contributed by atoms with Crippen molar-refractivity contribution in [2.24, 2.45) is 0 Å². The Labute approximate surface area is 124 Å². The predicted octanol–water partition coefficient (Wildman–Crippen LogP) is 2.73. The Morgan fingerprint density at radius 3 is 2.81 bits per heavy atom. The van der Waals surface area contributed by atoms with Crippen molar-refractivity contribution in [3.63, 3.8) is 0 Å². The second-order valence-corrected chi connectivity index (χ2v) is 5.18. The molecule has 0 fully saturated rings. The third-order valence-electron chi connectivity index (χ3n) is 3.79. The first-order valence-electron chi connectivity index (χ1n) is 7.20. The van der Waals surface area contributed by atoms with Crippen LogP contribution in [-0.2, 0) is 6.42 Å². The Morgan fingerprint density at radius 2 is 2.00 bits per heavy atom. The Balaban J connectivity index is 2.01. The standard InChI is InChI=1S/C17H19NO3/c1-2-21-13-5-3-4-12(8-13)17-14-10-16(20)15(19)9-11(14)6-7-18-17/h3-5,8-10,17-20H,2,6-7H2,1H3. The summed E-state index contributed by atoms with van der Waals surface area (Å²) in [6.45, 7) is 3.43. The minimum absolute atomic E-state index is 0.000608. The van der Waals surface area contributed by atoms with E-state index in [0.717, 1.165) is 35.4 Å². The first-order valence-corrected chi connectivity index (χ1v) is 7.20. The predicted molar refractivity (Wildman–Crippen MR) is 80.9 cm³/mol. The van der Waals surface area contributed by atoms with Crippen molar-refractivity contribution < 1.29 is 14.9 Å². The van der Waals surface area contributed by atoms with Gasteiger partial charge >= 0.3 is 0 Å². The zero-order valence-corrected chi connectivity index (χ0v) is 12.0. The van der Waals surface area contributed by atoms with Crippen molar-refractivity contribution in [1.29, 1.82) is 0 Å². The van der Waals surface area contributed by atoms with E-state index in [1.54, 1.807) is 12.1 Å². The maximum absolute atomic E-state index is 9.78. The number of fused-ring (bicyclic) bond motifs is 1.